The van der Waals surface area contributed by atoms with Crippen molar-refractivity contribution in [1.29, 1.82) is 0 Å². The molecule has 0 aliphatic carbocycles. The number of carbonyl (C=O) groups is 1. The van der Waals surface area contributed by atoms with Crippen LogP contribution in [0.3, 0.4) is 0 Å². The molecule has 3 N–H and O–H groups in total. The second-order valence-corrected chi connectivity index (χ2v) is 8.51. The summed E-state index contributed by atoms with van der Waals surface area (Å²) >= 11 is 0. The molecule has 0 saturated carbocycles. The molecular formula is C26H22F4N6O2. The molecular weight excluding hydrogens is 504 g/mol. The van der Waals surface area contributed by atoms with E-state index in [4.69, 9.17) is 9.72 Å². The van der Waals surface area contributed by atoms with Crippen LogP contribution in [-0.4, -0.2) is 42.2 Å². The number of hydrogen-bond acceptors (Lipinski definition) is 6. The molecule has 1 aliphatic rings. The fourth-order valence-corrected chi connectivity index (χ4v) is 3.95. The number of urea groups is 1. The van der Waals surface area contributed by atoms with Crippen LogP contribution in [0, 0.1) is 5.82 Å². The molecule has 2 amide bonds. The van der Waals surface area contributed by atoms with Crippen LogP contribution in [0.4, 0.5) is 39.5 Å². The van der Waals surface area contributed by atoms with Crippen LogP contribution in [-0.2, 0) is 6.18 Å². The van der Waals surface area contributed by atoms with E-state index in [9.17, 15) is 22.4 Å². The number of carbonyl (C=O) groups excluding carboxylic acids is 1. The standard InChI is InChI=1S/C26H22F4N6O2/c27-21-7-3-17(13-20(21)26(28,29)30)34-25(37)33-16-1-4-18(5-2-16)38-19-6-8-22-23(14-19)35-24(15-32-22)36-11-9-31-10-12-36/h1-8,13-15,31H,9-12H2,(H2,33,34,37). The van der Waals surface area contributed by atoms with Crippen LogP contribution in [0.15, 0.2) is 66.9 Å². The van der Waals surface area contributed by atoms with Gasteiger partial charge in [-0.05, 0) is 54.6 Å². The van der Waals surface area contributed by atoms with Crippen LogP contribution in [0.1, 0.15) is 5.56 Å². The van der Waals surface area contributed by atoms with Crippen LogP contribution >= 0.6 is 0 Å². The van der Waals surface area contributed by atoms with E-state index < -0.39 is 23.6 Å². The van der Waals surface area contributed by atoms with Crippen molar-refractivity contribution >= 4 is 34.3 Å². The fraction of sp³-hybridized carbons (Fsp3) is 0.192. The number of fused-ring (bicyclic) bond motifs is 1. The summed E-state index contributed by atoms with van der Waals surface area (Å²) in [6.07, 6.45) is -3.11. The number of nitrogens with zero attached hydrogens (tertiary/aromatic N) is 3. The lowest BCUT2D eigenvalue weighted by Crippen LogP contribution is -2.43. The third-order valence-corrected chi connectivity index (χ3v) is 5.82. The van der Waals surface area contributed by atoms with Crippen LogP contribution in [0.5, 0.6) is 11.5 Å². The van der Waals surface area contributed by atoms with E-state index in [1.165, 1.54) is 0 Å². The number of rotatable bonds is 5. The molecule has 5 rings (SSSR count). The topological polar surface area (TPSA) is 91.4 Å². The summed E-state index contributed by atoms with van der Waals surface area (Å²) < 4.78 is 58.0. The summed E-state index contributed by atoms with van der Waals surface area (Å²) in [7, 11) is 0. The molecule has 0 spiro atoms. The maximum absolute atomic E-state index is 13.4. The molecule has 1 aliphatic heterocycles. The van der Waals surface area contributed by atoms with Gasteiger partial charge in [-0.15, -0.1) is 0 Å². The largest absolute Gasteiger partial charge is 0.457 e. The van der Waals surface area contributed by atoms with Gasteiger partial charge in [-0.2, -0.15) is 13.2 Å². The number of benzene rings is 3. The smallest absolute Gasteiger partial charge is 0.419 e. The highest BCUT2D eigenvalue weighted by atomic mass is 19.4. The zero-order valence-corrected chi connectivity index (χ0v) is 19.8. The Morgan fingerprint density at radius 1 is 0.895 bits per heavy atom. The van der Waals surface area contributed by atoms with Crippen molar-refractivity contribution in [3.8, 4) is 11.5 Å². The van der Waals surface area contributed by atoms with E-state index in [2.05, 4.69) is 25.8 Å². The third-order valence-electron chi connectivity index (χ3n) is 5.82. The second-order valence-electron chi connectivity index (χ2n) is 8.51. The highest BCUT2D eigenvalue weighted by molar-refractivity contribution is 5.99. The molecule has 0 atom stereocenters. The first-order valence-electron chi connectivity index (χ1n) is 11.7. The molecule has 0 bridgehead atoms. The lowest BCUT2D eigenvalue weighted by Gasteiger charge is -2.28. The van der Waals surface area contributed by atoms with E-state index in [1.807, 2.05) is 6.07 Å². The Kier molecular flexibility index (Phi) is 6.97. The van der Waals surface area contributed by atoms with Gasteiger partial charge in [0.25, 0.3) is 0 Å². The Morgan fingerprint density at radius 2 is 1.58 bits per heavy atom. The summed E-state index contributed by atoms with van der Waals surface area (Å²) in [5, 5.41) is 8.08. The minimum Gasteiger partial charge on any atom is -0.457 e. The highest BCUT2D eigenvalue weighted by Crippen LogP contribution is 2.33. The molecule has 38 heavy (non-hydrogen) atoms. The van der Waals surface area contributed by atoms with E-state index >= 15 is 0 Å². The molecule has 3 aromatic carbocycles. The maximum atomic E-state index is 13.4. The average molecular weight is 526 g/mol. The van der Waals surface area contributed by atoms with Gasteiger partial charge in [-0.3, -0.25) is 4.98 Å². The average Bonchev–Trinajstić information content (AvgIpc) is 2.90. The molecule has 4 aromatic rings. The lowest BCUT2D eigenvalue weighted by atomic mass is 10.2. The van der Waals surface area contributed by atoms with E-state index in [-0.39, 0.29) is 5.69 Å². The summed E-state index contributed by atoms with van der Waals surface area (Å²) in [5.74, 6) is 0.437. The van der Waals surface area contributed by atoms with Crippen molar-refractivity contribution in [3.63, 3.8) is 0 Å². The molecule has 1 saturated heterocycles. The molecule has 1 fully saturated rings. The van der Waals surface area contributed by atoms with Crippen LogP contribution in [0.25, 0.3) is 11.0 Å². The first kappa shape index (κ1) is 25.2. The number of anilines is 3. The Balaban J connectivity index is 1.22. The van der Waals surface area contributed by atoms with E-state index in [0.29, 0.717) is 34.8 Å². The molecule has 12 heteroatoms. The van der Waals surface area contributed by atoms with Gasteiger partial charge in [0.1, 0.15) is 23.1 Å². The fourth-order valence-electron chi connectivity index (χ4n) is 3.95. The number of alkyl halides is 3. The number of hydrogen-bond donors (Lipinski definition) is 3. The number of nitrogens with one attached hydrogen (secondary N) is 3. The molecule has 0 radical (unpaired) electrons. The summed E-state index contributed by atoms with van der Waals surface area (Å²) in [5.41, 5.74) is 0.151. The van der Waals surface area contributed by atoms with Gasteiger partial charge in [-0.1, -0.05) is 0 Å². The Bertz CT molecular complexity index is 1460. The Hall–Kier alpha value is -4.45. The van der Waals surface area contributed by atoms with Crippen molar-refractivity contribution in [2.24, 2.45) is 0 Å². The Labute approximate surface area is 214 Å². The molecule has 196 valence electrons. The normalized spacial score (nSPS) is 13.8. The Morgan fingerprint density at radius 3 is 2.32 bits per heavy atom. The van der Waals surface area contributed by atoms with Gasteiger partial charge in [0.2, 0.25) is 0 Å². The zero-order chi connectivity index (χ0) is 26.7. The second kappa shape index (κ2) is 10.5. The molecule has 0 unspecified atom stereocenters. The van der Waals surface area contributed by atoms with Gasteiger partial charge in [0.15, 0.2) is 0 Å². The number of piperazine rings is 1. The minimum atomic E-state index is -4.88. The third kappa shape index (κ3) is 5.92. The maximum Gasteiger partial charge on any atom is 0.419 e. The predicted octanol–water partition coefficient (Wildman–Crippen LogP) is 5.63. The van der Waals surface area contributed by atoms with Crippen LogP contribution < -0.4 is 25.6 Å². The van der Waals surface area contributed by atoms with Gasteiger partial charge in [-0.25, -0.2) is 14.2 Å². The summed E-state index contributed by atoms with van der Waals surface area (Å²) in [4.78, 5) is 23.6. The van der Waals surface area contributed by atoms with Gasteiger partial charge < -0.3 is 25.6 Å². The summed E-state index contributed by atoms with van der Waals surface area (Å²) in [6.45, 7) is 3.49. The highest BCUT2D eigenvalue weighted by Gasteiger charge is 2.34. The number of ether oxygens (including phenoxy) is 1. The number of amides is 2. The molecule has 1 aromatic heterocycles. The van der Waals surface area contributed by atoms with E-state index in [0.717, 1.165) is 43.6 Å². The number of halogens is 4. The predicted molar refractivity (Wildman–Crippen MR) is 135 cm³/mol. The van der Waals surface area contributed by atoms with Crippen molar-refractivity contribution in [2.45, 2.75) is 6.18 Å². The van der Waals surface area contributed by atoms with Crippen molar-refractivity contribution in [3.05, 3.63) is 78.2 Å². The molecule has 2 heterocycles. The van der Waals surface area contributed by atoms with Crippen molar-refractivity contribution in [1.82, 2.24) is 15.3 Å². The van der Waals surface area contributed by atoms with Gasteiger partial charge >= 0.3 is 12.2 Å². The quantitative estimate of drug-likeness (QED) is 0.292. The SMILES string of the molecule is O=C(Nc1ccc(Oc2ccc3ncc(N4CCNCC4)nc3c2)cc1)Nc1ccc(F)c(C(F)(F)F)c1. The van der Waals surface area contributed by atoms with E-state index in [1.54, 1.807) is 42.6 Å². The van der Waals surface area contributed by atoms with Crippen LogP contribution in [0.2, 0.25) is 0 Å². The number of aromatic nitrogens is 2. The van der Waals surface area contributed by atoms with Crippen molar-refractivity contribution < 1.29 is 27.1 Å². The molecule has 8 nitrogen and oxygen atoms in total. The lowest BCUT2D eigenvalue weighted by molar-refractivity contribution is -0.139. The first-order valence-corrected chi connectivity index (χ1v) is 11.7. The van der Waals surface area contributed by atoms with Gasteiger partial charge in [0.05, 0.1) is 22.8 Å². The summed E-state index contributed by atoms with van der Waals surface area (Å²) in [6, 6.07) is 13.2. The first-order chi connectivity index (χ1) is 18.2. The zero-order valence-electron chi connectivity index (χ0n) is 19.8. The minimum absolute atomic E-state index is 0.198. The van der Waals surface area contributed by atoms with Gasteiger partial charge in [0, 0.05) is 43.6 Å². The van der Waals surface area contributed by atoms with Crippen molar-refractivity contribution in [2.75, 3.05) is 41.7 Å². The monoisotopic (exact) mass is 526 g/mol.